The van der Waals surface area contributed by atoms with E-state index >= 15 is 0 Å². The standard InChI is InChI=1S/C22H33N3O2Si.C16H21N3/c1-7-11-25-20-9-8-17(24(3)22(26)27-13-14-28(4,5)6)15-18(20)19-16-23(2)12-10-21(19)25;1-4-8-19-15-6-5-12(17-2)10-13(15)14-11-18(3)9-7-16(14)19/h7-9,15H,1,10-14,16H2,2-6H3;4-6,10,17H,1,7-9,11H2,2-3H3. The molecule has 4 aromatic rings. The van der Waals surface area contributed by atoms with E-state index < -0.39 is 8.07 Å². The van der Waals surface area contributed by atoms with Crippen molar-refractivity contribution in [2.24, 2.45) is 0 Å². The molecule has 0 bridgehead atoms. The Balaban J connectivity index is 0.000000198. The maximum atomic E-state index is 12.5. The molecule has 0 aliphatic carbocycles. The zero-order valence-corrected chi connectivity index (χ0v) is 30.7. The molecular formula is C38H54N6O2Si. The van der Waals surface area contributed by atoms with Gasteiger partial charge in [0.1, 0.15) is 0 Å². The summed E-state index contributed by atoms with van der Waals surface area (Å²) >= 11 is 0. The summed E-state index contributed by atoms with van der Waals surface area (Å²) in [5.41, 5.74) is 10.3. The summed E-state index contributed by atoms with van der Waals surface area (Å²) in [6.07, 6.45) is 5.83. The number of allylic oxidation sites excluding steroid dienone is 2. The van der Waals surface area contributed by atoms with Crippen molar-refractivity contribution in [2.75, 3.05) is 58.1 Å². The summed E-state index contributed by atoms with van der Waals surface area (Å²) in [5.74, 6) is 0. The number of hydrogen-bond donors (Lipinski definition) is 1. The first-order valence-corrected chi connectivity index (χ1v) is 20.6. The van der Waals surface area contributed by atoms with Gasteiger partial charge in [-0.2, -0.15) is 0 Å². The van der Waals surface area contributed by atoms with Gasteiger partial charge < -0.3 is 29.0 Å². The van der Waals surface area contributed by atoms with Crippen molar-refractivity contribution in [3.63, 3.8) is 0 Å². The van der Waals surface area contributed by atoms with Crippen molar-refractivity contribution in [1.82, 2.24) is 18.9 Å². The molecule has 252 valence electrons. The summed E-state index contributed by atoms with van der Waals surface area (Å²) in [5, 5.41) is 5.84. The first-order chi connectivity index (χ1) is 22.4. The van der Waals surface area contributed by atoms with Crippen LogP contribution in [-0.4, -0.2) is 81.0 Å². The number of amides is 1. The summed E-state index contributed by atoms with van der Waals surface area (Å²) in [6.45, 7) is 21.1. The first-order valence-electron chi connectivity index (χ1n) is 16.9. The fourth-order valence-corrected chi connectivity index (χ4v) is 7.56. The van der Waals surface area contributed by atoms with Crippen LogP contribution in [0.4, 0.5) is 16.2 Å². The van der Waals surface area contributed by atoms with E-state index in [1.807, 2.05) is 25.3 Å². The number of fused-ring (bicyclic) bond motifs is 6. The normalized spacial score (nSPS) is 15.0. The lowest BCUT2D eigenvalue weighted by atomic mass is 10.0. The van der Waals surface area contributed by atoms with Crippen molar-refractivity contribution >= 4 is 47.3 Å². The van der Waals surface area contributed by atoms with Crippen LogP contribution in [-0.2, 0) is 43.8 Å². The molecule has 9 heteroatoms. The summed E-state index contributed by atoms with van der Waals surface area (Å²) < 4.78 is 10.3. The second kappa shape index (κ2) is 14.5. The Morgan fingerprint density at radius 2 is 1.43 bits per heavy atom. The first kappa shape index (κ1) is 34.5. The lowest BCUT2D eigenvalue weighted by Gasteiger charge is -2.24. The zero-order valence-electron chi connectivity index (χ0n) is 29.7. The Labute approximate surface area is 282 Å². The van der Waals surface area contributed by atoms with E-state index in [0.717, 1.165) is 63.8 Å². The summed E-state index contributed by atoms with van der Waals surface area (Å²) in [6, 6.07) is 13.9. The number of nitrogens with zero attached hydrogens (tertiary/aromatic N) is 5. The van der Waals surface area contributed by atoms with Gasteiger partial charge in [0.05, 0.1) is 6.61 Å². The van der Waals surface area contributed by atoms with Crippen LogP contribution in [0.25, 0.3) is 21.8 Å². The maximum absolute atomic E-state index is 12.5. The average Bonchev–Trinajstić information content (AvgIpc) is 3.51. The maximum Gasteiger partial charge on any atom is 0.413 e. The molecule has 8 nitrogen and oxygen atoms in total. The van der Waals surface area contributed by atoms with Crippen LogP contribution >= 0.6 is 0 Å². The number of hydrogen-bond acceptors (Lipinski definition) is 5. The van der Waals surface area contributed by atoms with Gasteiger partial charge in [0.15, 0.2) is 0 Å². The highest BCUT2D eigenvalue weighted by Gasteiger charge is 2.24. The Hall–Kier alpha value is -3.79. The molecular weight excluding hydrogens is 601 g/mol. The third-order valence-electron chi connectivity index (χ3n) is 9.52. The molecule has 0 spiro atoms. The Kier molecular flexibility index (Phi) is 10.7. The number of carbonyl (C=O) groups is 1. The van der Waals surface area contributed by atoms with E-state index in [9.17, 15) is 4.79 Å². The fourth-order valence-electron chi connectivity index (χ4n) is 6.84. The van der Waals surface area contributed by atoms with E-state index in [1.165, 1.54) is 50.0 Å². The van der Waals surface area contributed by atoms with E-state index in [0.29, 0.717) is 6.61 Å². The van der Waals surface area contributed by atoms with Gasteiger partial charge >= 0.3 is 6.09 Å². The van der Waals surface area contributed by atoms with Gasteiger partial charge in [-0.15, -0.1) is 13.2 Å². The van der Waals surface area contributed by atoms with Gasteiger partial charge in [0, 0.05) is 119 Å². The second-order valence-electron chi connectivity index (χ2n) is 14.3. The highest BCUT2D eigenvalue weighted by atomic mass is 28.3. The minimum absolute atomic E-state index is 0.283. The number of rotatable bonds is 9. The van der Waals surface area contributed by atoms with Gasteiger partial charge in [-0.1, -0.05) is 31.8 Å². The van der Waals surface area contributed by atoms with Gasteiger partial charge in [-0.05, 0) is 67.7 Å². The van der Waals surface area contributed by atoms with Crippen LogP contribution < -0.4 is 10.2 Å². The molecule has 0 radical (unpaired) electrons. The smallest absolute Gasteiger partial charge is 0.413 e. The number of likely N-dealkylation sites (N-methyl/N-ethyl adjacent to an activating group) is 2. The van der Waals surface area contributed by atoms with Crippen LogP contribution in [0.3, 0.4) is 0 Å². The molecule has 0 saturated carbocycles. The predicted octanol–water partition coefficient (Wildman–Crippen LogP) is 7.58. The van der Waals surface area contributed by atoms with Gasteiger partial charge in [-0.3, -0.25) is 4.90 Å². The number of ether oxygens (including phenoxy) is 1. The zero-order chi connectivity index (χ0) is 33.9. The van der Waals surface area contributed by atoms with Crippen LogP contribution in [0.5, 0.6) is 0 Å². The molecule has 1 N–H and O–H groups in total. The van der Waals surface area contributed by atoms with Crippen molar-refractivity contribution in [1.29, 1.82) is 0 Å². The molecule has 0 atom stereocenters. The number of carbonyl (C=O) groups excluding carboxylic acids is 1. The number of aromatic nitrogens is 2. The molecule has 47 heavy (non-hydrogen) atoms. The quantitative estimate of drug-likeness (QED) is 0.149. The summed E-state index contributed by atoms with van der Waals surface area (Å²) in [7, 11) is 6.90. The summed E-state index contributed by atoms with van der Waals surface area (Å²) in [4.78, 5) is 18.9. The highest BCUT2D eigenvalue weighted by Crippen LogP contribution is 2.34. The largest absolute Gasteiger partial charge is 0.449 e. The molecule has 2 aliphatic rings. The number of benzene rings is 2. The monoisotopic (exact) mass is 654 g/mol. The fraction of sp³-hybridized carbons (Fsp3) is 0.447. The molecule has 6 rings (SSSR count). The van der Waals surface area contributed by atoms with E-state index in [2.05, 4.69) is 101 Å². The predicted molar refractivity (Wildman–Crippen MR) is 202 cm³/mol. The second-order valence-corrected chi connectivity index (χ2v) is 19.9. The Morgan fingerprint density at radius 1 is 0.894 bits per heavy atom. The molecule has 0 fully saturated rings. The van der Waals surface area contributed by atoms with E-state index in [-0.39, 0.29) is 6.09 Å². The molecule has 2 aromatic carbocycles. The molecule has 2 aliphatic heterocycles. The number of anilines is 2. The van der Waals surface area contributed by atoms with Crippen LogP contribution in [0.1, 0.15) is 22.5 Å². The van der Waals surface area contributed by atoms with Crippen molar-refractivity contribution in [3.8, 4) is 0 Å². The molecule has 0 unspecified atom stereocenters. The minimum atomic E-state index is -1.21. The SMILES string of the molecule is C=CCn1c2c(c3cc(N(C)C(=O)OCC[Si](C)(C)C)ccc31)CN(C)CC2.C=CCn1c2c(c3cc(NC)ccc31)CN(C)CC2. The van der Waals surface area contributed by atoms with Gasteiger partial charge in [0.25, 0.3) is 0 Å². The van der Waals surface area contributed by atoms with E-state index in [1.54, 1.807) is 11.9 Å². The Bertz CT molecular complexity index is 1760. The average molecular weight is 655 g/mol. The van der Waals surface area contributed by atoms with E-state index in [4.69, 9.17) is 4.74 Å². The highest BCUT2D eigenvalue weighted by molar-refractivity contribution is 6.76. The van der Waals surface area contributed by atoms with Gasteiger partial charge in [0.2, 0.25) is 0 Å². The lowest BCUT2D eigenvalue weighted by molar-refractivity contribution is 0.161. The van der Waals surface area contributed by atoms with Gasteiger partial charge in [-0.25, -0.2) is 4.79 Å². The van der Waals surface area contributed by atoms with Crippen LogP contribution in [0, 0.1) is 0 Å². The Morgan fingerprint density at radius 3 is 1.94 bits per heavy atom. The molecule has 2 aromatic heterocycles. The lowest BCUT2D eigenvalue weighted by Crippen LogP contribution is -2.29. The van der Waals surface area contributed by atoms with Crippen molar-refractivity contribution < 1.29 is 9.53 Å². The molecule has 1 amide bonds. The van der Waals surface area contributed by atoms with Crippen molar-refractivity contribution in [2.45, 2.75) is 64.7 Å². The minimum Gasteiger partial charge on any atom is -0.449 e. The topological polar surface area (TPSA) is 57.9 Å². The third-order valence-corrected chi connectivity index (χ3v) is 11.2. The molecule has 4 heterocycles. The van der Waals surface area contributed by atoms with Crippen LogP contribution in [0.15, 0.2) is 61.7 Å². The van der Waals surface area contributed by atoms with Crippen molar-refractivity contribution in [3.05, 3.63) is 84.2 Å². The third kappa shape index (κ3) is 7.53. The van der Waals surface area contributed by atoms with Crippen LogP contribution in [0.2, 0.25) is 25.7 Å². The number of nitrogens with one attached hydrogen (secondary N) is 1. The molecule has 0 saturated heterocycles.